The van der Waals surface area contributed by atoms with Gasteiger partial charge in [-0.3, -0.25) is 4.79 Å². The van der Waals surface area contributed by atoms with Gasteiger partial charge in [-0.05, 0) is 25.0 Å². The summed E-state index contributed by atoms with van der Waals surface area (Å²) in [6, 6.07) is 2.82. The van der Waals surface area contributed by atoms with Gasteiger partial charge in [0.25, 0.3) is 5.91 Å². The largest absolute Gasteiger partial charge is 0.348 e. The Kier molecular flexibility index (Phi) is 4.32. The molecule has 0 spiro atoms. The smallest absolute Gasteiger partial charge is 0.271 e. The maximum Gasteiger partial charge on any atom is 0.271 e. The topological polar surface area (TPSA) is 76.1 Å². The van der Waals surface area contributed by atoms with E-state index in [1.54, 1.807) is 0 Å². The molecule has 2 heterocycles. The molecule has 1 fully saturated rings. The van der Waals surface area contributed by atoms with E-state index in [-0.39, 0.29) is 33.4 Å². The van der Waals surface area contributed by atoms with Crippen LogP contribution in [0.25, 0.3) is 0 Å². The van der Waals surface area contributed by atoms with Gasteiger partial charge in [-0.2, -0.15) is 0 Å². The van der Waals surface area contributed by atoms with Gasteiger partial charge in [0.2, 0.25) is 0 Å². The molecule has 1 aliphatic heterocycles. The maximum absolute atomic E-state index is 12.0. The summed E-state index contributed by atoms with van der Waals surface area (Å²) in [5.74, 6) is -0.250. The number of rotatable bonds is 2. The van der Waals surface area contributed by atoms with Crippen LogP contribution in [-0.2, 0) is 9.84 Å². The van der Waals surface area contributed by atoms with Crippen LogP contribution in [0.1, 0.15) is 23.3 Å². The molecule has 1 amide bonds. The highest BCUT2D eigenvalue weighted by Crippen LogP contribution is 2.18. The fourth-order valence-corrected chi connectivity index (χ4v) is 3.70. The lowest BCUT2D eigenvalue weighted by atomic mass is 10.1. The summed E-state index contributed by atoms with van der Waals surface area (Å²) in [4.78, 5) is 15.9. The number of carbonyl (C=O) groups is 1. The van der Waals surface area contributed by atoms with Crippen molar-refractivity contribution in [2.24, 2.45) is 0 Å². The zero-order valence-corrected chi connectivity index (χ0v) is 12.2. The fraction of sp³-hybridized carbons (Fsp3) is 0.455. The van der Waals surface area contributed by atoms with Gasteiger partial charge >= 0.3 is 0 Å². The minimum atomic E-state index is -2.95. The first-order valence-electron chi connectivity index (χ1n) is 5.71. The molecule has 1 aliphatic rings. The third kappa shape index (κ3) is 3.81. The molecule has 0 unspecified atom stereocenters. The first-order valence-corrected chi connectivity index (χ1v) is 8.28. The molecule has 0 radical (unpaired) electrons. The number of nitrogens with one attached hydrogen (secondary N) is 1. The third-order valence-corrected chi connectivity index (χ3v) is 5.15. The van der Waals surface area contributed by atoms with Crippen molar-refractivity contribution in [3.05, 3.63) is 28.0 Å². The van der Waals surface area contributed by atoms with Crippen LogP contribution in [0.15, 0.2) is 12.1 Å². The maximum atomic E-state index is 12.0. The van der Waals surface area contributed by atoms with Crippen molar-refractivity contribution >= 4 is 38.9 Å². The average Bonchev–Trinajstić information content (AvgIpc) is 2.35. The third-order valence-electron chi connectivity index (χ3n) is 2.92. The van der Waals surface area contributed by atoms with Crippen molar-refractivity contribution in [2.75, 3.05) is 11.5 Å². The predicted octanol–water partition coefficient (Wildman–Crippen LogP) is 1.70. The monoisotopic (exact) mass is 322 g/mol. The average molecular weight is 323 g/mol. The molecule has 19 heavy (non-hydrogen) atoms. The van der Waals surface area contributed by atoms with E-state index in [4.69, 9.17) is 23.2 Å². The predicted molar refractivity (Wildman–Crippen MR) is 73.4 cm³/mol. The van der Waals surface area contributed by atoms with Crippen molar-refractivity contribution in [1.82, 2.24) is 10.3 Å². The summed E-state index contributed by atoms with van der Waals surface area (Å²) >= 11 is 11.6. The Morgan fingerprint density at radius 3 is 2.53 bits per heavy atom. The molecule has 8 heteroatoms. The minimum Gasteiger partial charge on any atom is -0.348 e. The molecular formula is C11H12Cl2N2O3S. The molecule has 5 nitrogen and oxygen atoms in total. The van der Waals surface area contributed by atoms with Crippen molar-refractivity contribution < 1.29 is 13.2 Å². The number of hydrogen-bond acceptors (Lipinski definition) is 4. The van der Waals surface area contributed by atoms with Crippen LogP contribution in [0.3, 0.4) is 0 Å². The van der Waals surface area contributed by atoms with E-state index in [0.29, 0.717) is 12.8 Å². The van der Waals surface area contributed by atoms with Gasteiger partial charge in [0.15, 0.2) is 0 Å². The number of amides is 1. The zero-order valence-electron chi connectivity index (χ0n) is 9.90. The summed E-state index contributed by atoms with van der Waals surface area (Å²) in [5.41, 5.74) is 0.0580. The van der Waals surface area contributed by atoms with Gasteiger partial charge in [0, 0.05) is 6.04 Å². The molecule has 0 aromatic carbocycles. The van der Waals surface area contributed by atoms with Crippen LogP contribution in [-0.4, -0.2) is 36.9 Å². The number of hydrogen-bond donors (Lipinski definition) is 1. The summed E-state index contributed by atoms with van der Waals surface area (Å²) in [5, 5.41) is 3.13. The Balaban J connectivity index is 2.04. The molecule has 104 valence electrons. The molecule has 1 N–H and O–H groups in total. The highest BCUT2D eigenvalue weighted by molar-refractivity contribution is 7.91. The summed E-state index contributed by atoms with van der Waals surface area (Å²) < 4.78 is 22.6. The molecule has 0 atom stereocenters. The number of nitrogens with zero attached hydrogens (tertiary/aromatic N) is 1. The van der Waals surface area contributed by atoms with Crippen LogP contribution in [0, 0.1) is 0 Å². The Labute approximate surface area is 121 Å². The van der Waals surface area contributed by atoms with Crippen molar-refractivity contribution in [2.45, 2.75) is 18.9 Å². The van der Waals surface area contributed by atoms with Crippen molar-refractivity contribution in [1.29, 1.82) is 0 Å². The second-order valence-electron chi connectivity index (χ2n) is 4.36. The molecule has 1 aromatic rings. The van der Waals surface area contributed by atoms with Gasteiger partial charge in [-0.15, -0.1) is 0 Å². The van der Waals surface area contributed by atoms with Gasteiger partial charge in [-0.1, -0.05) is 23.2 Å². The molecule has 2 rings (SSSR count). The number of aromatic nitrogens is 1. The second kappa shape index (κ2) is 5.64. The summed E-state index contributed by atoms with van der Waals surface area (Å²) in [6.07, 6.45) is 0.818. The van der Waals surface area contributed by atoms with Crippen LogP contribution >= 0.6 is 23.2 Å². The van der Waals surface area contributed by atoms with Crippen molar-refractivity contribution in [3.8, 4) is 0 Å². The number of sulfone groups is 1. The van der Waals surface area contributed by atoms with Gasteiger partial charge in [0.05, 0.1) is 16.5 Å². The lowest BCUT2D eigenvalue weighted by Crippen LogP contribution is -2.41. The quantitative estimate of drug-likeness (QED) is 0.841. The first-order chi connectivity index (χ1) is 8.87. The molecule has 0 saturated carbocycles. The van der Waals surface area contributed by atoms with Crippen molar-refractivity contribution in [3.63, 3.8) is 0 Å². The van der Waals surface area contributed by atoms with Gasteiger partial charge in [-0.25, -0.2) is 13.4 Å². The highest BCUT2D eigenvalue weighted by Gasteiger charge is 2.25. The van der Waals surface area contributed by atoms with E-state index < -0.39 is 15.7 Å². The first kappa shape index (κ1) is 14.6. The van der Waals surface area contributed by atoms with E-state index in [0.717, 1.165) is 0 Å². The number of carbonyl (C=O) groups excluding carboxylic acids is 1. The Morgan fingerprint density at radius 1 is 1.26 bits per heavy atom. The van der Waals surface area contributed by atoms with Crippen LogP contribution in [0.5, 0.6) is 0 Å². The van der Waals surface area contributed by atoms with Gasteiger partial charge < -0.3 is 5.32 Å². The molecule has 1 aromatic heterocycles. The molecule has 1 saturated heterocycles. The molecular weight excluding hydrogens is 311 g/mol. The van der Waals surface area contributed by atoms with Crippen LogP contribution < -0.4 is 5.32 Å². The zero-order chi connectivity index (χ0) is 14.0. The second-order valence-corrected chi connectivity index (χ2v) is 7.46. The van der Waals surface area contributed by atoms with E-state index in [2.05, 4.69) is 10.3 Å². The van der Waals surface area contributed by atoms with E-state index in [1.807, 2.05) is 0 Å². The lowest BCUT2D eigenvalue weighted by molar-refractivity contribution is 0.0929. The summed E-state index contributed by atoms with van der Waals surface area (Å²) in [7, 11) is -2.95. The Morgan fingerprint density at radius 2 is 1.89 bits per heavy atom. The SMILES string of the molecule is O=C(NC1CCS(=O)(=O)CC1)c1nc(Cl)ccc1Cl. The lowest BCUT2D eigenvalue weighted by Gasteiger charge is -2.22. The molecule has 0 bridgehead atoms. The highest BCUT2D eigenvalue weighted by atomic mass is 35.5. The van der Waals surface area contributed by atoms with E-state index in [1.165, 1.54) is 12.1 Å². The minimum absolute atomic E-state index is 0.0580. The normalized spacial score (nSPS) is 19.1. The Hall–Kier alpha value is -0.850. The Bertz CT molecular complexity index is 590. The number of pyridine rings is 1. The van der Waals surface area contributed by atoms with Crippen LogP contribution in [0.2, 0.25) is 10.2 Å². The standard InChI is InChI=1S/C11H12Cl2N2O3S/c12-8-1-2-9(13)15-10(8)11(16)14-7-3-5-19(17,18)6-4-7/h1-2,7H,3-6H2,(H,14,16). The van der Waals surface area contributed by atoms with Gasteiger partial charge in [0.1, 0.15) is 20.7 Å². The number of halogens is 2. The summed E-state index contributed by atoms with van der Waals surface area (Å²) in [6.45, 7) is 0. The van der Waals surface area contributed by atoms with E-state index >= 15 is 0 Å². The fourth-order valence-electron chi connectivity index (χ4n) is 1.87. The van der Waals surface area contributed by atoms with Crippen LogP contribution in [0.4, 0.5) is 0 Å². The van der Waals surface area contributed by atoms with E-state index in [9.17, 15) is 13.2 Å². The molecule has 0 aliphatic carbocycles.